The SMILES string of the molecule is COc1ccc(F)c(F)c1C(=O)N1CC2CC=C(C)CC2C1. The van der Waals surface area contributed by atoms with Crippen molar-refractivity contribution >= 4 is 5.91 Å². The summed E-state index contributed by atoms with van der Waals surface area (Å²) < 4.78 is 32.6. The first-order valence-electron chi connectivity index (χ1n) is 7.48. The highest BCUT2D eigenvalue weighted by atomic mass is 19.2. The maximum absolute atomic E-state index is 14.1. The van der Waals surface area contributed by atoms with Gasteiger partial charge >= 0.3 is 0 Å². The number of fused-ring (bicyclic) bond motifs is 1. The Morgan fingerprint density at radius 2 is 2.00 bits per heavy atom. The molecule has 0 N–H and O–H groups in total. The summed E-state index contributed by atoms with van der Waals surface area (Å²) in [5.74, 6) is -1.74. The van der Waals surface area contributed by atoms with E-state index in [4.69, 9.17) is 4.74 Å². The molecular weight excluding hydrogens is 288 g/mol. The van der Waals surface area contributed by atoms with Crippen LogP contribution in [-0.2, 0) is 0 Å². The number of allylic oxidation sites excluding steroid dienone is 2. The van der Waals surface area contributed by atoms with Gasteiger partial charge in [0, 0.05) is 13.1 Å². The number of benzene rings is 1. The Kier molecular flexibility index (Phi) is 3.89. The number of carbonyl (C=O) groups is 1. The Bertz CT molecular complexity index is 642. The van der Waals surface area contributed by atoms with Crippen LogP contribution in [0.5, 0.6) is 5.75 Å². The average molecular weight is 307 g/mol. The molecule has 2 atom stereocenters. The monoisotopic (exact) mass is 307 g/mol. The fourth-order valence-corrected chi connectivity index (χ4v) is 3.51. The van der Waals surface area contributed by atoms with E-state index in [-0.39, 0.29) is 11.3 Å². The minimum absolute atomic E-state index is 0.0769. The third kappa shape index (κ3) is 2.49. The van der Waals surface area contributed by atoms with Crippen LogP contribution in [0.1, 0.15) is 30.1 Å². The van der Waals surface area contributed by atoms with Crippen LogP contribution in [0.2, 0.25) is 0 Å². The van der Waals surface area contributed by atoms with Gasteiger partial charge in [-0.15, -0.1) is 0 Å². The molecule has 1 aromatic rings. The first-order valence-corrected chi connectivity index (χ1v) is 7.48. The highest BCUT2D eigenvalue weighted by Crippen LogP contribution is 2.37. The molecule has 0 bridgehead atoms. The summed E-state index contributed by atoms with van der Waals surface area (Å²) in [6.07, 6.45) is 4.12. The molecule has 0 spiro atoms. The second-order valence-corrected chi connectivity index (χ2v) is 6.16. The highest BCUT2D eigenvalue weighted by molar-refractivity contribution is 5.97. The Morgan fingerprint density at radius 3 is 2.73 bits per heavy atom. The molecule has 22 heavy (non-hydrogen) atoms. The zero-order chi connectivity index (χ0) is 15.9. The predicted molar refractivity (Wildman–Crippen MR) is 78.8 cm³/mol. The quantitative estimate of drug-likeness (QED) is 0.784. The second kappa shape index (κ2) is 5.71. The van der Waals surface area contributed by atoms with Crippen molar-refractivity contribution in [1.29, 1.82) is 0 Å². The van der Waals surface area contributed by atoms with E-state index in [0.29, 0.717) is 24.9 Å². The normalized spacial score (nSPS) is 24.0. The minimum atomic E-state index is -1.13. The smallest absolute Gasteiger partial charge is 0.260 e. The highest BCUT2D eigenvalue weighted by Gasteiger charge is 2.38. The van der Waals surface area contributed by atoms with Gasteiger partial charge in [0.15, 0.2) is 11.6 Å². The molecular formula is C17H19F2NO2. The lowest BCUT2D eigenvalue weighted by Crippen LogP contribution is -2.30. The summed E-state index contributed by atoms with van der Waals surface area (Å²) in [5.41, 5.74) is 1.04. The van der Waals surface area contributed by atoms with E-state index in [2.05, 4.69) is 13.0 Å². The molecule has 2 aliphatic rings. The number of amides is 1. The van der Waals surface area contributed by atoms with E-state index in [1.54, 1.807) is 4.90 Å². The lowest BCUT2D eigenvalue weighted by atomic mass is 9.83. The van der Waals surface area contributed by atoms with Crippen LogP contribution in [0.3, 0.4) is 0 Å². The topological polar surface area (TPSA) is 29.5 Å². The lowest BCUT2D eigenvalue weighted by Gasteiger charge is -2.21. The van der Waals surface area contributed by atoms with Gasteiger partial charge in [-0.1, -0.05) is 11.6 Å². The van der Waals surface area contributed by atoms with Crippen LogP contribution in [0, 0.1) is 23.5 Å². The number of hydrogen-bond acceptors (Lipinski definition) is 2. The van der Waals surface area contributed by atoms with Crippen LogP contribution in [-0.4, -0.2) is 31.0 Å². The second-order valence-electron chi connectivity index (χ2n) is 6.16. The van der Waals surface area contributed by atoms with Crippen LogP contribution in [0.25, 0.3) is 0 Å². The summed E-state index contributed by atoms with van der Waals surface area (Å²) >= 11 is 0. The number of methoxy groups -OCH3 is 1. The van der Waals surface area contributed by atoms with Crippen molar-refractivity contribution in [2.45, 2.75) is 19.8 Å². The zero-order valence-corrected chi connectivity index (χ0v) is 12.7. The van der Waals surface area contributed by atoms with Crippen LogP contribution in [0.4, 0.5) is 8.78 Å². The van der Waals surface area contributed by atoms with Gasteiger partial charge in [-0.25, -0.2) is 8.78 Å². The van der Waals surface area contributed by atoms with Gasteiger partial charge in [-0.2, -0.15) is 0 Å². The third-order valence-corrected chi connectivity index (χ3v) is 4.71. The van der Waals surface area contributed by atoms with E-state index in [1.165, 1.54) is 18.7 Å². The number of ether oxygens (including phenoxy) is 1. The maximum Gasteiger partial charge on any atom is 0.260 e. The first-order chi connectivity index (χ1) is 10.5. The third-order valence-electron chi connectivity index (χ3n) is 4.71. The predicted octanol–water partition coefficient (Wildman–Crippen LogP) is 3.40. The van der Waals surface area contributed by atoms with Crippen LogP contribution in [0.15, 0.2) is 23.8 Å². The number of hydrogen-bond donors (Lipinski definition) is 0. The zero-order valence-electron chi connectivity index (χ0n) is 12.7. The standard InChI is InChI=1S/C17H19F2NO2/c1-10-3-4-11-8-20(9-12(11)7-10)17(21)15-14(22-2)6-5-13(18)16(15)19/h3,5-6,11-12H,4,7-9H2,1-2H3. The summed E-state index contributed by atoms with van der Waals surface area (Å²) in [6, 6.07) is 2.27. The molecule has 1 aliphatic heterocycles. The van der Waals surface area contributed by atoms with E-state index in [0.717, 1.165) is 18.9 Å². The molecule has 0 aromatic heterocycles. The van der Waals surface area contributed by atoms with Gasteiger partial charge in [0.2, 0.25) is 0 Å². The molecule has 1 aromatic carbocycles. The Morgan fingerprint density at radius 1 is 1.27 bits per heavy atom. The van der Waals surface area contributed by atoms with E-state index < -0.39 is 17.5 Å². The lowest BCUT2D eigenvalue weighted by molar-refractivity contribution is 0.0774. The average Bonchev–Trinajstić information content (AvgIpc) is 2.92. The summed E-state index contributed by atoms with van der Waals surface area (Å²) in [6.45, 7) is 3.27. The fourth-order valence-electron chi connectivity index (χ4n) is 3.51. The molecule has 1 saturated heterocycles. The minimum Gasteiger partial charge on any atom is -0.496 e. The Balaban J connectivity index is 1.86. The van der Waals surface area contributed by atoms with Crippen LogP contribution < -0.4 is 4.74 Å². The number of likely N-dealkylation sites (tertiary alicyclic amines) is 1. The molecule has 1 fully saturated rings. The van der Waals surface area contributed by atoms with Crippen LogP contribution >= 0.6 is 0 Å². The molecule has 3 nitrogen and oxygen atoms in total. The van der Waals surface area contributed by atoms with Crippen molar-refractivity contribution in [2.24, 2.45) is 11.8 Å². The van der Waals surface area contributed by atoms with Gasteiger partial charge in [-0.3, -0.25) is 4.79 Å². The van der Waals surface area contributed by atoms with Gasteiger partial charge in [-0.05, 0) is 43.7 Å². The fraction of sp³-hybridized carbons (Fsp3) is 0.471. The summed E-state index contributed by atoms with van der Waals surface area (Å²) in [4.78, 5) is 14.3. The van der Waals surface area contributed by atoms with Gasteiger partial charge in [0.25, 0.3) is 5.91 Å². The van der Waals surface area contributed by atoms with E-state index in [9.17, 15) is 13.6 Å². The van der Waals surface area contributed by atoms with Crippen molar-refractivity contribution < 1.29 is 18.3 Å². The van der Waals surface area contributed by atoms with Crippen molar-refractivity contribution in [3.63, 3.8) is 0 Å². The molecule has 1 aliphatic carbocycles. The maximum atomic E-state index is 14.1. The Hall–Kier alpha value is -1.91. The molecule has 0 saturated carbocycles. The summed E-state index contributed by atoms with van der Waals surface area (Å²) in [7, 11) is 1.35. The molecule has 1 amide bonds. The number of halogens is 2. The number of rotatable bonds is 2. The largest absolute Gasteiger partial charge is 0.496 e. The Labute approximate surface area is 128 Å². The number of nitrogens with zero attached hydrogens (tertiary/aromatic N) is 1. The van der Waals surface area contributed by atoms with Crippen molar-refractivity contribution in [1.82, 2.24) is 4.90 Å². The first kappa shape index (κ1) is 15.0. The van der Waals surface area contributed by atoms with Gasteiger partial charge in [0.1, 0.15) is 11.3 Å². The molecule has 2 unspecified atom stereocenters. The van der Waals surface area contributed by atoms with Crippen molar-refractivity contribution in [3.05, 3.63) is 41.0 Å². The molecule has 3 rings (SSSR count). The van der Waals surface area contributed by atoms with Gasteiger partial charge < -0.3 is 9.64 Å². The van der Waals surface area contributed by atoms with Gasteiger partial charge in [0.05, 0.1) is 7.11 Å². The molecule has 118 valence electrons. The van der Waals surface area contributed by atoms with Crippen molar-refractivity contribution in [3.8, 4) is 5.75 Å². The summed E-state index contributed by atoms with van der Waals surface area (Å²) in [5, 5.41) is 0. The van der Waals surface area contributed by atoms with E-state index in [1.807, 2.05) is 0 Å². The molecule has 5 heteroatoms. The van der Waals surface area contributed by atoms with Crippen molar-refractivity contribution in [2.75, 3.05) is 20.2 Å². The van der Waals surface area contributed by atoms with E-state index >= 15 is 0 Å². The number of carbonyl (C=O) groups excluding carboxylic acids is 1. The molecule has 1 heterocycles. The molecule has 0 radical (unpaired) electrons.